The molecule has 3 N–H and O–H groups in total. The predicted molar refractivity (Wildman–Crippen MR) is 61.7 cm³/mol. The molecule has 2 aromatic heterocycles. The number of fused-ring (bicyclic) bond motifs is 1. The maximum atomic E-state index is 5.61. The molecule has 0 saturated heterocycles. The normalized spacial score (nSPS) is 13.2. The highest BCUT2D eigenvalue weighted by Gasteiger charge is 2.11. The number of thioether (sulfide) groups is 1. The Morgan fingerprint density at radius 1 is 1.53 bits per heavy atom. The van der Waals surface area contributed by atoms with Gasteiger partial charge in [-0.2, -0.15) is 4.98 Å². The van der Waals surface area contributed by atoms with E-state index in [9.17, 15) is 0 Å². The molecule has 2 rings (SSSR count). The molecule has 6 heteroatoms. The zero-order chi connectivity index (χ0) is 10.8. The Hall–Kier alpha value is -1.30. The number of hydrogen-bond donors (Lipinski definition) is 2. The average molecular weight is 223 g/mol. The first-order valence-electron chi connectivity index (χ1n) is 4.84. The van der Waals surface area contributed by atoms with Gasteiger partial charge < -0.3 is 10.7 Å². The van der Waals surface area contributed by atoms with E-state index in [-0.39, 0.29) is 5.95 Å². The molecule has 1 atom stereocenters. The second kappa shape index (κ2) is 4.06. The molecule has 0 radical (unpaired) electrons. The van der Waals surface area contributed by atoms with Crippen molar-refractivity contribution in [3.8, 4) is 0 Å². The van der Waals surface area contributed by atoms with E-state index >= 15 is 0 Å². The van der Waals surface area contributed by atoms with Crippen LogP contribution in [-0.2, 0) is 0 Å². The molecule has 0 saturated carbocycles. The molecule has 1 unspecified atom stereocenters. The van der Waals surface area contributed by atoms with E-state index in [0.717, 1.165) is 17.0 Å². The average Bonchev–Trinajstić information content (AvgIpc) is 2.65. The Balaban J connectivity index is 2.44. The highest BCUT2D eigenvalue weighted by atomic mass is 32.2. The molecule has 0 aliphatic heterocycles. The van der Waals surface area contributed by atoms with Crippen LogP contribution in [0.3, 0.4) is 0 Å². The van der Waals surface area contributed by atoms with Crippen LogP contribution in [0.15, 0.2) is 11.4 Å². The van der Waals surface area contributed by atoms with Gasteiger partial charge in [-0.05, 0) is 6.42 Å². The number of aromatic nitrogens is 4. The van der Waals surface area contributed by atoms with Crippen molar-refractivity contribution in [1.29, 1.82) is 0 Å². The van der Waals surface area contributed by atoms with Gasteiger partial charge in [0.2, 0.25) is 5.95 Å². The minimum absolute atomic E-state index is 0.278. The summed E-state index contributed by atoms with van der Waals surface area (Å²) in [5.74, 6) is 0.278. The lowest BCUT2D eigenvalue weighted by atomic mass is 10.4. The molecular weight excluding hydrogens is 210 g/mol. The van der Waals surface area contributed by atoms with Crippen molar-refractivity contribution in [2.75, 3.05) is 5.73 Å². The number of anilines is 1. The van der Waals surface area contributed by atoms with Gasteiger partial charge in [0, 0.05) is 5.25 Å². The standard InChI is InChI=1S/C9H13N5S/c1-3-5(2)15-8-6-7(12-4-11-6)13-9(10)14-8/h4-5H,3H2,1-2H3,(H3,10,11,12,13,14). The predicted octanol–water partition coefficient (Wildman–Crippen LogP) is 1.83. The molecule has 0 aliphatic rings. The molecule has 0 bridgehead atoms. The summed E-state index contributed by atoms with van der Waals surface area (Å²) in [6, 6.07) is 0. The van der Waals surface area contributed by atoms with Crippen molar-refractivity contribution in [2.45, 2.75) is 30.5 Å². The van der Waals surface area contributed by atoms with Gasteiger partial charge in [0.25, 0.3) is 0 Å². The minimum atomic E-state index is 0.278. The Bertz CT molecular complexity index is 466. The first-order chi connectivity index (χ1) is 7.20. The molecule has 0 amide bonds. The summed E-state index contributed by atoms with van der Waals surface area (Å²) in [7, 11) is 0. The van der Waals surface area contributed by atoms with E-state index in [2.05, 4.69) is 33.8 Å². The van der Waals surface area contributed by atoms with Crippen LogP contribution >= 0.6 is 11.8 Å². The number of nitrogens with two attached hydrogens (primary N) is 1. The third-order valence-corrected chi connectivity index (χ3v) is 3.41. The highest BCUT2D eigenvalue weighted by Crippen LogP contribution is 2.28. The minimum Gasteiger partial charge on any atom is -0.368 e. The summed E-state index contributed by atoms with van der Waals surface area (Å²) < 4.78 is 0. The molecule has 0 aromatic carbocycles. The number of nitrogen functional groups attached to an aromatic ring is 1. The van der Waals surface area contributed by atoms with Gasteiger partial charge in [0.1, 0.15) is 10.5 Å². The lowest BCUT2D eigenvalue weighted by Crippen LogP contribution is -2.00. The van der Waals surface area contributed by atoms with Gasteiger partial charge in [-0.1, -0.05) is 13.8 Å². The first-order valence-corrected chi connectivity index (χ1v) is 5.72. The second-order valence-electron chi connectivity index (χ2n) is 3.32. The van der Waals surface area contributed by atoms with Crippen molar-refractivity contribution in [2.24, 2.45) is 0 Å². The molecule has 80 valence electrons. The number of nitrogens with zero attached hydrogens (tertiary/aromatic N) is 3. The van der Waals surface area contributed by atoms with Crippen LogP contribution in [0.2, 0.25) is 0 Å². The largest absolute Gasteiger partial charge is 0.368 e. The molecular formula is C9H13N5S. The van der Waals surface area contributed by atoms with E-state index < -0.39 is 0 Å². The number of nitrogens with one attached hydrogen (secondary N) is 1. The van der Waals surface area contributed by atoms with E-state index in [4.69, 9.17) is 5.73 Å². The Labute approximate surface area is 91.9 Å². The topological polar surface area (TPSA) is 80.5 Å². The van der Waals surface area contributed by atoms with Gasteiger partial charge in [-0.15, -0.1) is 11.8 Å². The van der Waals surface area contributed by atoms with Gasteiger partial charge in [-0.25, -0.2) is 9.97 Å². The SMILES string of the molecule is CCC(C)Sc1nc(N)nc2nc[nH]c12. The van der Waals surface area contributed by atoms with Crippen LogP contribution < -0.4 is 5.73 Å². The lowest BCUT2D eigenvalue weighted by molar-refractivity contribution is 0.901. The smallest absolute Gasteiger partial charge is 0.223 e. The fraction of sp³-hybridized carbons (Fsp3) is 0.444. The van der Waals surface area contributed by atoms with Crippen LogP contribution in [0.5, 0.6) is 0 Å². The maximum absolute atomic E-state index is 5.61. The van der Waals surface area contributed by atoms with E-state index in [1.54, 1.807) is 18.1 Å². The van der Waals surface area contributed by atoms with Crippen molar-refractivity contribution in [1.82, 2.24) is 19.9 Å². The first kappa shape index (κ1) is 10.2. The van der Waals surface area contributed by atoms with Crippen molar-refractivity contribution in [3.63, 3.8) is 0 Å². The van der Waals surface area contributed by atoms with Crippen LogP contribution in [0.25, 0.3) is 11.2 Å². The van der Waals surface area contributed by atoms with Gasteiger partial charge in [0.15, 0.2) is 5.65 Å². The van der Waals surface area contributed by atoms with Crippen molar-refractivity contribution < 1.29 is 0 Å². The number of hydrogen-bond acceptors (Lipinski definition) is 5. The molecule has 0 spiro atoms. The molecule has 15 heavy (non-hydrogen) atoms. The summed E-state index contributed by atoms with van der Waals surface area (Å²) in [4.78, 5) is 15.4. The Kier molecular flexibility index (Phi) is 2.77. The number of imidazole rings is 1. The van der Waals surface area contributed by atoms with Gasteiger partial charge in [-0.3, -0.25) is 0 Å². The van der Waals surface area contributed by atoms with Gasteiger partial charge >= 0.3 is 0 Å². The van der Waals surface area contributed by atoms with Crippen LogP contribution in [0.4, 0.5) is 5.95 Å². The quantitative estimate of drug-likeness (QED) is 0.613. The van der Waals surface area contributed by atoms with E-state index in [1.807, 2.05) is 0 Å². The Morgan fingerprint density at radius 2 is 2.33 bits per heavy atom. The molecule has 0 aliphatic carbocycles. The zero-order valence-corrected chi connectivity index (χ0v) is 9.51. The van der Waals surface area contributed by atoms with Crippen LogP contribution in [-0.4, -0.2) is 25.2 Å². The van der Waals surface area contributed by atoms with Crippen LogP contribution in [0.1, 0.15) is 20.3 Å². The number of H-pyrrole nitrogens is 1. The maximum Gasteiger partial charge on any atom is 0.223 e. The third kappa shape index (κ3) is 2.04. The third-order valence-electron chi connectivity index (χ3n) is 2.16. The molecule has 5 nitrogen and oxygen atoms in total. The van der Waals surface area contributed by atoms with Crippen molar-refractivity contribution >= 4 is 28.9 Å². The second-order valence-corrected chi connectivity index (χ2v) is 4.75. The van der Waals surface area contributed by atoms with Gasteiger partial charge in [0.05, 0.1) is 6.33 Å². The highest BCUT2D eigenvalue weighted by molar-refractivity contribution is 8.00. The summed E-state index contributed by atoms with van der Waals surface area (Å²) in [5.41, 5.74) is 7.11. The summed E-state index contributed by atoms with van der Waals surface area (Å²) in [6.07, 6.45) is 2.70. The molecule has 2 aromatic rings. The molecule has 0 fully saturated rings. The fourth-order valence-corrected chi connectivity index (χ4v) is 2.14. The van der Waals surface area contributed by atoms with Crippen LogP contribution in [0, 0.1) is 0 Å². The summed E-state index contributed by atoms with van der Waals surface area (Å²) in [6.45, 7) is 4.30. The lowest BCUT2D eigenvalue weighted by Gasteiger charge is -2.07. The van der Waals surface area contributed by atoms with E-state index in [0.29, 0.717) is 10.9 Å². The van der Waals surface area contributed by atoms with Crippen molar-refractivity contribution in [3.05, 3.63) is 6.33 Å². The summed E-state index contributed by atoms with van der Waals surface area (Å²) in [5, 5.41) is 1.38. The van der Waals surface area contributed by atoms with E-state index in [1.165, 1.54) is 0 Å². The number of rotatable bonds is 3. The summed E-state index contributed by atoms with van der Waals surface area (Å²) >= 11 is 1.69. The zero-order valence-electron chi connectivity index (χ0n) is 8.69. The molecule has 2 heterocycles. The monoisotopic (exact) mass is 223 g/mol. The fourth-order valence-electron chi connectivity index (χ4n) is 1.18. The number of aromatic amines is 1. The Morgan fingerprint density at radius 3 is 3.07 bits per heavy atom.